The van der Waals surface area contributed by atoms with Crippen molar-refractivity contribution in [2.75, 3.05) is 5.73 Å². The number of halogens is 1. The van der Waals surface area contributed by atoms with Crippen molar-refractivity contribution in [3.05, 3.63) is 16.0 Å². The number of H-pyrrole nitrogens is 1. The zero-order valence-electron chi connectivity index (χ0n) is 7.84. The Morgan fingerprint density at radius 2 is 2.13 bits per heavy atom. The molecule has 0 saturated carbocycles. The first-order valence-electron chi connectivity index (χ1n) is 4.11. The number of anilines is 1. The number of fused-ring (bicyclic) bond motifs is 1. The smallest absolute Gasteiger partial charge is 0.252 e. The summed E-state index contributed by atoms with van der Waals surface area (Å²) in [7, 11) is 0. The number of nitrogens with two attached hydrogens (primary N) is 2. The van der Waals surface area contributed by atoms with Gasteiger partial charge in [-0.05, 0) is 22.9 Å². The molecule has 2 heterocycles. The molecule has 0 aliphatic heterocycles. The number of aryl methyl sites for hydroxylation is 1. The summed E-state index contributed by atoms with van der Waals surface area (Å²) in [6.07, 6.45) is 0. The summed E-state index contributed by atoms with van der Waals surface area (Å²) in [6, 6.07) is 0. The topological polar surface area (TPSA) is 111 Å². The molecule has 78 valence electrons. The van der Waals surface area contributed by atoms with E-state index in [-0.39, 0.29) is 11.4 Å². The van der Waals surface area contributed by atoms with Gasteiger partial charge in [-0.1, -0.05) is 0 Å². The lowest BCUT2D eigenvalue weighted by atomic mass is 10.2. The monoisotopic (exact) mass is 269 g/mol. The molecule has 6 nitrogen and oxygen atoms in total. The number of nitrogen functional groups attached to an aromatic ring is 1. The van der Waals surface area contributed by atoms with Gasteiger partial charge in [-0.2, -0.15) is 0 Å². The maximum Gasteiger partial charge on any atom is 0.252 e. The van der Waals surface area contributed by atoms with Gasteiger partial charge in [0.05, 0.1) is 15.6 Å². The Bertz CT molecular complexity index is 562. The molecule has 0 aliphatic rings. The highest BCUT2D eigenvalue weighted by Gasteiger charge is 2.18. The molecule has 0 saturated heterocycles. The number of primary amides is 1. The molecule has 15 heavy (non-hydrogen) atoms. The van der Waals surface area contributed by atoms with Gasteiger partial charge < -0.3 is 16.5 Å². The highest BCUT2D eigenvalue weighted by Crippen LogP contribution is 2.28. The summed E-state index contributed by atoms with van der Waals surface area (Å²) >= 11 is 3.19. The number of aromatic amines is 1. The number of nitrogens with zero attached hydrogens (tertiary/aromatic N) is 2. The van der Waals surface area contributed by atoms with E-state index < -0.39 is 5.91 Å². The van der Waals surface area contributed by atoms with Crippen LogP contribution in [0, 0.1) is 6.92 Å². The molecule has 0 fully saturated rings. The zero-order chi connectivity index (χ0) is 11.2. The van der Waals surface area contributed by atoms with Gasteiger partial charge in [0.25, 0.3) is 5.91 Å². The van der Waals surface area contributed by atoms with Crippen molar-refractivity contribution in [2.24, 2.45) is 5.73 Å². The molecule has 0 bridgehead atoms. The second kappa shape index (κ2) is 3.20. The average molecular weight is 270 g/mol. The van der Waals surface area contributed by atoms with E-state index in [2.05, 4.69) is 30.9 Å². The van der Waals surface area contributed by atoms with Crippen molar-refractivity contribution in [3.63, 3.8) is 0 Å². The molecule has 5 N–H and O–H groups in total. The maximum atomic E-state index is 11.2. The van der Waals surface area contributed by atoms with Crippen LogP contribution >= 0.6 is 15.9 Å². The third kappa shape index (κ3) is 1.44. The van der Waals surface area contributed by atoms with Crippen molar-refractivity contribution in [2.45, 2.75) is 6.92 Å². The standard InChI is InChI=1S/C8H8BrN5O/c1-2-12-6(10)4-3(7(11)15)5(9)14-8(4)13-2/h1H3,(H2,11,15)(H3,10,12,13,14). The third-order valence-corrected chi connectivity index (χ3v) is 2.59. The Kier molecular flexibility index (Phi) is 2.11. The highest BCUT2D eigenvalue weighted by atomic mass is 79.9. The largest absolute Gasteiger partial charge is 0.383 e. The van der Waals surface area contributed by atoms with Crippen molar-refractivity contribution in [1.29, 1.82) is 0 Å². The number of carbonyl (C=O) groups excluding carboxylic acids is 1. The van der Waals surface area contributed by atoms with Crippen LogP contribution in [0.1, 0.15) is 16.2 Å². The van der Waals surface area contributed by atoms with Crippen LogP contribution in [0.4, 0.5) is 5.82 Å². The van der Waals surface area contributed by atoms with Crippen LogP contribution in [0.5, 0.6) is 0 Å². The van der Waals surface area contributed by atoms with Gasteiger partial charge >= 0.3 is 0 Å². The second-order valence-corrected chi connectivity index (χ2v) is 3.85. The molecule has 0 aromatic carbocycles. The molecule has 2 rings (SSSR count). The SMILES string of the molecule is Cc1nc(N)c2c(C(N)=O)c(Br)[nH]c2n1. The molecule has 0 aliphatic carbocycles. The van der Waals surface area contributed by atoms with Gasteiger partial charge in [-0.25, -0.2) is 9.97 Å². The highest BCUT2D eigenvalue weighted by molar-refractivity contribution is 9.10. The van der Waals surface area contributed by atoms with Crippen molar-refractivity contribution in [3.8, 4) is 0 Å². The summed E-state index contributed by atoms with van der Waals surface area (Å²) in [5.41, 5.74) is 11.7. The van der Waals surface area contributed by atoms with E-state index in [1.54, 1.807) is 6.92 Å². The molecule has 0 radical (unpaired) electrons. The maximum absolute atomic E-state index is 11.2. The van der Waals surface area contributed by atoms with Gasteiger partial charge in [0.2, 0.25) is 0 Å². The fourth-order valence-electron chi connectivity index (χ4n) is 1.44. The van der Waals surface area contributed by atoms with Gasteiger partial charge in [0, 0.05) is 0 Å². The van der Waals surface area contributed by atoms with E-state index in [1.165, 1.54) is 0 Å². The van der Waals surface area contributed by atoms with Gasteiger partial charge in [0.1, 0.15) is 17.3 Å². The van der Waals surface area contributed by atoms with E-state index >= 15 is 0 Å². The first kappa shape index (κ1) is 9.91. The minimum Gasteiger partial charge on any atom is -0.383 e. The molecule has 1 amide bonds. The van der Waals surface area contributed by atoms with Crippen LogP contribution in [0.25, 0.3) is 11.0 Å². The molecule has 0 atom stereocenters. The second-order valence-electron chi connectivity index (χ2n) is 3.06. The van der Waals surface area contributed by atoms with E-state index in [9.17, 15) is 4.79 Å². The number of carbonyl (C=O) groups is 1. The quantitative estimate of drug-likeness (QED) is 0.708. The molecule has 0 spiro atoms. The van der Waals surface area contributed by atoms with Crippen molar-refractivity contribution >= 4 is 38.7 Å². The Morgan fingerprint density at radius 1 is 1.47 bits per heavy atom. The molecular formula is C8H8BrN5O. The Morgan fingerprint density at radius 3 is 2.73 bits per heavy atom. The van der Waals surface area contributed by atoms with Crippen LogP contribution in [0.3, 0.4) is 0 Å². The van der Waals surface area contributed by atoms with Gasteiger partial charge in [-0.3, -0.25) is 4.79 Å². The first-order chi connectivity index (χ1) is 7.00. The van der Waals surface area contributed by atoms with Gasteiger partial charge in [-0.15, -0.1) is 0 Å². The minimum absolute atomic E-state index is 0.244. The third-order valence-electron chi connectivity index (χ3n) is 1.99. The minimum atomic E-state index is -0.577. The first-order valence-corrected chi connectivity index (χ1v) is 4.91. The number of hydrogen-bond donors (Lipinski definition) is 3. The van der Waals surface area contributed by atoms with Crippen molar-refractivity contribution in [1.82, 2.24) is 15.0 Å². The van der Waals surface area contributed by atoms with E-state index in [0.29, 0.717) is 21.5 Å². The van der Waals surface area contributed by atoms with Crippen LogP contribution < -0.4 is 11.5 Å². The Labute approximate surface area is 93.2 Å². The van der Waals surface area contributed by atoms with Crippen LogP contribution in [-0.4, -0.2) is 20.9 Å². The Balaban J connectivity index is 2.93. The number of rotatable bonds is 1. The molecule has 0 unspecified atom stereocenters. The van der Waals surface area contributed by atoms with E-state index in [0.717, 1.165) is 0 Å². The van der Waals surface area contributed by atoms with Crippen LogP contribution in [-0.2, 0) is 0 Å². The molecule has 2 aromatic rings. The number of aromatic nitrogens is 3. The van der Waals surface area contributed by atoms with E-state index in [1.807, 2.05) is 0 Å². The van der Waals surface area contributed by atoms with Crippen LogP contribution in [0.2, 0.25) is 0 Å². The summed E-state index contributed by atoms with van der Waals surface area (Å²) in [4.78, 5) is 22.2. The normalized spacial score (nSPS) is 10.8. The predicted molar refractivity (Wildman–Crippen MR) is 59.3 cm³/mol. The lowest BCUT2D eigenvalue weighted by molar-refractivity contribution is 0.100. The fourth-order valence-corrected chi connectivity index (χ4v) is 2.02. The van der Waals surface area contributed by atoms with Gasteiger partial charge in [0.15, 0.2) is 0 Å². The lowest BCUT2D eigenvalue weighted by Gasteiger charge is -1.98. The molecular weight excluding hydrogens is 262 g/mol. The predicted octanol–water partition coefficient (Wildman–Crippen LogP) is 0.710. The number of nitrogens with one attached hydrogen (secondary N) is 1. The van der Waals surface area contributed by atoms with E-state index in [4.69, 9.17) is 11.5 Å². The zero-order valence-corrected chi connectivity index (χ0v) is 9.42. The van der Waals surface area contributed by atoms with Crippen LogP contribution in [0.15, 0.2) is 4.60 Å². The summed E-state index contributed by atoms with van der Waals surface area (Å²) in [5.74, 6) is 0.199. The number of hydrogen-bond acceptors (Lipinski definition) is 4. The lowest BCUT2D eigenvalue weighted by Crippen LogP contribution is -2.11. The fraction of sp³-hybridized carbons (Fsp3) is 0.125. The summed E-state index contributed by atoms with van der Waals surface area (Å²) in [6.45, 7) is 1.72. The van der Waals surface area contributed by atoms with Crippen molar-refractivity contribution < 1.29 is 4.79 Å². The molecule has 2 aromatic heterocycles. The number of amides is 1. The molecule has 7 heteroatoms. The Hall–Kier alpha value is -1.63. The summed E-state index contributed by atoms with van der Waals surface area (Å²) < 4.78 is 0.469. The average Bonchev–Trinajstić information content (AvgIpc) is 2.40. The summed E-state index contributed by atoms with van der Waals surface area (Å²) in [5, 5.41) is 0.458.